The Kier molecular flexibility index (Phi) is 5.68. The van der Waals surface area contributed by atoms with Crippen LogP contribution in [0.5, 0.6) is 5.75 Å². The largest absolute Gasteiger partial charge is 0.489 e. The molecule has 2 aromatic carbocycles. The Morgan fingerprint density at radius 2 is 1.85 bits per heavy atom. The Labute approximate surface area is 159 Å². The van der Waals surface area contributed by atoms with Gasteiger partial charge in [0.05, 0.1) is 0 Å². The van der Waals surface area contributed by atoms with E-state index in [1.165, 1.54) is 12.1 Å². The number of carbonyl (C=O) groups excluding carboxylic acids is 1. The number of nitrogens with one attached hydrogen (secondary N) is 1. The summed E-state index contributed by atoms with van der Waals surface area (Å²) in [4.78, 5) is 12.1. The SMILES string of the molecule is CC(C)(C)OC(=O)Nc1ccc(OCc2cccc(F)c2)c2c1CCCC2. The second-order valence-electron chi connectivity index (χ2n) is 7.82. The first-order chi connectivity index (χ1) is 12.8. The van der Waals surface area contributed by atoms with Crippen molar-refractivity contribution in [1.82, 2.24) is 0 Å². The van der Waals surface area contributed by atoms with Gasteiger partial charge >= 0.3 is 6.09 Å². The van der Waals surface area contributed by atoms with Crippen molar-refractivity contribution in [2.24, 2.45) is 0 Å². The zero-order chi connectivity index (χ0) is 19.4. The number of amides is 1. The molecule has 0 fully saturated rings. The van der Waals surface area contributed by atoms with Crippen LogP contribution in [0.3, 0.4) is 0 Å². The van der Waals surface area contributed by atoms with Crippen LogP contribution in [-0.2, 0) is 24.2 Å². The lowest BCUT2D eigenvalue weighted by Gasteiger charge is -2.24. The highest BCUT2D eigenvalue weighted by atomic mass is 19.1. The summed E-state index contributed by atoms with van der Waals surface area (Å²) in [6.07, 6.45) is 3.49. The molecule has 0 saturated heterocycles. The van der Waals surface area contributed by atoms with Crippen molar-refractivity contribution in [3.8, 4) is 5.75 Å². The highest BCUT2D eigenvalue weighted by Crippen LogP contribution is 2.35. The van der Waals surface area contributed by atoms with E-state index in [-0.39, 0.29) is 5.82 Å². The lowest BCUT2D eigenvalue weighted by molar-refractivity contribution is 0.0635. The molecule has 5 heteroatoms. The van der Waals surface area contributed by atoms with Gasteiger partial charge in [0.1, 0.15) is 23.8 Å². The van der Waals surface area contributed by atoms with Gasteiger partial charge in [-0.25, -0.2) is 9.18 Å². The van der Waals surface area contributed by atoms with Crippen LogP contribution in [0.25, 0.3) is 0 Å². The van der Waals surface area contributed by atoms with Crippen molar-refractivity contribution in [2.45, 2.75) is 58.7 Å². The first-order valence-corrected chi connectivity index (χ1v) is 9.34. The van der Waals surface area contributed by atoms with Gasteiger partial charge < -0.3 is 9.47 Å². The second-order valence-corrected chi connectivity index (χ2v) is 7.82. The van der Waals surface area contributed by atoms with Crippen molar-refractivity contribution in [3.63, 3.8) is 0 Å². The molecule has 0 aliphatic heterocycles. The van der Waals surface area contributed by atoms with E-state index in [1.807, 2.05) is 39.0 Å². The predicted molar refractivity (Wildman–Crippen MR) is 104 cm³/mol. The number of carbonyl (C=O) groups is 1. The third-order valence-corrected chi connectivity index (χ3v) is 4.41. The highest BCUT2D eigenvalue weighted by Gasteiger charge is 2.21. The lowest BCUT2D eigenvalue weighted by Crippen LogP contribution is -2.27. The molecule has 27 heavy (non-hydrogen) atoms. The van der Waals surface area contributed by atoms with E-state index in [2.05, 4.69) is 5.32 Å². The average Bonchev–Trinajstić information content (AvgIpc) is 2.59. The number of anilines is 1. The Balaban J connectivity index is 1.78. The third-order valence-electron chi connectivity index (χ3n) is 4.41. The molecule has 0 aromatic heterocycles. The Morgan fingerprint density at radius 3 is 2.56 bits per heavy atom. The molecule has 1 aliphatic rings. The molecule has 1 N–H and O–H groups in total. The zero-order valence-corrected chi connectivity index (χ0v) is 16.1. The van der Waals surface area contributed by atoms with Crippen LogP contribution in [0.4, 0.5) is 14.9 Å². The molecular formula is C22H26FNO3. The summed E-state index contributed by atoms with van der Waals surface area (Å²) in [7, 11) is 0. The molecule has 4 nitrogen and oxygen atoms in total. The minimum absolute atomic E-state index is 0.268. The van der Waals surface area contributed by atoms with Crippen molar-refractivity contribution in [2.75, 3.05) is 5.32 Å². The number of hydrogen-bond acceptors (Lipinski definition) is 3. The van der Waals surface area contributed by atoms with Gasteiger partial charge in [0.25, 0.3) is 0 Å². The Bertz CT molecular complexity index is 827. The highest BCUT2D eigenvalue weighted by molar-refractivity contribution is 5.86. The van der Waals surface area contributed by atoms with Gasteiger partial charge in [0.2, 0.25) is 0 Å². The van der Waals surface area contributed by atoms with Crippen molar-refractivity contribution < 1.29 is 18.7 Å². The van der Waals surface area contributed by atoms with E-state index < -0.39 is 11.7 Å². The summed E-state index contributed by atoms with van der Waals surface area (Å²) in [5.74, 6) is 0.527. The van der Waals surface area contributed by atoms with Gasteiger partial charge in [-0.2, -0.15) is 0 Å². The molecular weight excluding hydrogens is 345 g/mol. The van der Waals surface area contributed by atoms with Gasteiger partial charge in [0, 0.05) is 5.69 Å². The predicted octanol–water partition coefficient (Wildman–Crippen LogP) is 5.63. The monoisotopic (exact) mass is 371 g/mol. The summed E-state index contributed by atoms with van der Waals surface area (Å²) >= 11 is 0. The van der Waals surface area contributed by atoms with Gasteiger partial charge in [-0.15, -0.1) is 0 Å². The molecule has 0 radical (unpaired) electrons. The quantitative estimate of drug-likeness (QED) is 0.757. The third kappa shape index (κ3) is 5.22. The Morgan fingerprint density at radius 1 is 1.11 bits per heavy atom. The van der Waals surface area contributed by atoms with Crippen LogP contribution in [0, 0.1) is 5.82 Å². The molecule has 1 aliphatic carbocycles. The number of fused-ring (bicyclic) bond motifs is 1. The van der Waals surface area contributed by atoms with E-state index in [9.17, 15) is 9.18 Å². The van der Waals surface area contributed by atoms with Crippen LogP contribution < -0.4 is 10.1 Å². The Hall–Kier alpha value is -2.56. The van der Waals surface area contributed by atoms with Crippen LogP contribution >= 0.6 is 0 Å². The molecule has 0 unspecified atom stereocenters. The van der Waals surface area contributed by atoms with Crippen LogP contribution in [0.1, 0.15) is 50.3 Å². The molecule has 3 rings (SSSR count). The van der Waals surface area contributed by atoms with Gasteiger partial charge in [-0.1, -0.05) is 12.1 Å². The minimum Gasteiger partial charge on any atom is -0.489 e. The first-order valence-electron chi connectivity index (χ1n) is 9.34. The number of benzene rings is 2. The van der Waals surface area contributed by atoms with E-state index in [1.54, 1.807) is 6.07 Å². The van der Waals surface area contributed by atoms with Crippen LogP contribution in [-0.4, -0.2) is 11.7 Å². The number of ether oxygens (including phenoxy) is 2. The number of hydrogen-bond donors (Lipinski definition) is 1. The standard InChI is InChI=1S/C22H26FNO3/c1-22(2,3)27-21(25)24-19-11-12-20(18-10-5-4-9-17(18)19)26-14-15-7-6-8-16(23)13-15/h6-8,11-13H,4-5,9-10,14H2,1-3H3,(H,24,25). The van der Waals surface area contributed by atoms with Crippen molar-refractivity contribution >= 4 is 11.8 Å². The molecule has 0 heterocycles. The molecule has 0 saturated carbocycles. The fourth-order valence-electron chi connectivity index (χ4n) is 3.29. The maximum absolute atomic E-state index is 13.4. The fourth-order valence-corrected chi connectivity index (χ4v) is 3.29. The molecule has 0 spiro atoms. The fraction of sp³-hybridized carbons (Fsp3) is 0.409. The van der Waals surface area contributed by atoms with Gasteiger partial charge in [0.15, 0.2) is 0 Å². The van der Waals surface area contributed by atoms with Crippen molar-refractivity contribution in [3.05, 3.63) is 58.9 Å². The van der Waals surface area contributed by atoms with Crippen LogP contribution in [0.15, 0.2) is 36.4 Å². The van der Waals surface area contributed by atoms with E-state index >= 15 is 0 Å². The minimum atomic E-state index is -0.543. The molecule has 0 bridgehead atoms. The maximum Gasteiger partial charge on any atom is 0.412 e. The summed E-state index contributed by atoms with van der Waals surface area (Å²) in [6, 6.07) is 10.1. The zero-order valence-electron chi connectivity index (χ0n) is 16.1. The number of rotatable bonds is 4. The summed E-state index contributed by atoms with van der Waals surface area (Å²) in [5.41, 5.74) is 3.24. The maximum atomic E-state index is 13.4. The van der Waals surface area contributed by atoms with Gasteiger partial charge in [-0.05, 0) is 87.4 Å². The molecule has 2 aromatic rings. The van der Waals surface area contributed by atoms with E-state index in [4.69, 9.17) is 9.47 Å². The summed E-state index contributed by atoms with van der Waals surface area (Å²) in [6.45, 7) is 5.82. The first kappa shape index (κ1) is 19.2. The lowest BCUT2D eigenvalue weighted by atomic mass is 9.89. The summed E-state index contributed by atoms with van der Waals surface area (Å²) < 4.78 is 24.7. The smallest absolute Gasteiger partial charge is 0.412 e. The molecule has 1 amide bonds. The topological polar surface area (TPSA) is 47.6 Å². The van der Waals surface area contributed by atoms with Gasteiger partial charge in [-0.3, -0.25) is 5.32 Å². The number of halogens is 1. The second kappa shape index (κ2) is 7.99. The molecule has 0 atom stereocenters. The normalized spacial score (nSPS) is 13.6. The van der Waals surface area contributed by atoms with E-state index in [0.717, 1.165) is 53.8 Å². The van der Waals surface area contributed by atoms with E-state index in [0.29, 0.717) is 6.61 Å². The van der Waals surface area contributed by atoms with Crippen molar-refractivity contribution in [1.29, 1.82) is 0 Å². The van der Waals surface area contributed by atoms with Crippen LogP contribution in [0.2, 0.25) is 0 Å². The summed E-state index contributed by atoms with van der Waals surface area (Å²) in [5, 5.41) is 2.87. The molecule has 144 valence electrons. The average molecular weight is 371 g/mol.